The van der Waals surface area contributed by atoms with Crippen molar-refractivity contribution >= 4 is 46.5 Å². The number of hydrogen-bond acceptors (Lipinski definition) is 1. The van der Waals surface area contributed by atoms with E-state index in [0.29, 0.717) is 5.66 Å². The predicted octanol–water partition coefficient (Wildman–Crippen LogP) is 3.99. The molecule has 4 heteroatoms. The van der Waals surface area contributed by atoms with E-state index in [1.165, 1.54) is 25.7 Å². The SMILES string of the molecule is O=P(I)(I)C1CCCC1. The van der Waals surface area contributed by atoms with Crippen molar-refractivity contribution in [2.24, 2.45) is 0 Å². The molecule has 0 amide bonds. The fourth-order valence-corrected chi connectivity index (χ4v) is 5.51. The van der Waals surface area contributed by atoms with Crippen LogP contribution in [-0.2, 0) is 4.57 Å². The molecule has 0 N–H and O–H groups in total. The number of halogens is 2. The van der Waals surface area contributed by atoms with Gasteiger partial charge in [-0.2, -0.15) is 0 Å². The predicted molar refractivity (Wildman–Crippen MR) is 57.9 cm³/mol. The lowest BCUT2D eigenvalue weighted by Gasteiger charge is -2.09. The summed E-state index contributed by atoms with van der Waals surface area (Å²) in [6.07, 6.45) is 4.98. The average molecular weight is 370 g/mol. The Bertz CT molecular complexity index is 136. The molecule has 1 aliphatic rings. The molecular weight excluding hydrogens is 361 g/mol. The van der Waals surface area contributed by atoms with E-state index < -0.39 is 2.43 Å². The smallest absolute Gasteiger partial charge is 0.200 e. The Labute approximate surface area is 81.7 Å². The molecule has 1 saturated carbocycles. The van der Waals surface area contributed by atoms with Crippen LogP contribution in [0, 0.1) is 0 Å². The largest absolute Gasteiger partial charge is 0.301 e. The minimum absolute atomic E-state index is 0.540. The zero-order valence-corrected chi connectivity index (χ0v) is 10.2. The summed E-state index contributed by atoms with van der Waals surface area (Å²) in [5.74, 6) is 0. The van der Waals surface area contributed by atoms with Crippen LogP contribution < -0.4 is 0 Å². The van der Waals surface area contributed by atoms with Crippen LogP contribution >= 0.6 is 46.5 Å². The van der Waals surface area contributed by atoms with Gasteiger partial charge in [0.05, 0.1) is 0 Å². The Morgan fingerprint density at radius 2 is 1.67 bits per heavy atom. The van der Waals surface area contributed by atoms with Crippen molar-refractivity contribution in [3.05, 3.63) is 0 Å². The molecule has 0 aromatic heterocycles. The molecule has 1 nitrogen and oxygen atoms in total. The molecule has 0 unspecified atom stereocenters. The van der Waals surface area contributed by atoms with E-state index in [-0.39, 0.29) is 0 Å². The Hall–Kier alpha value is 1.69. The maximum atomic E-state index is 11.4. The molecular formula is C5H9I2OP. The molecule has 1 aliphatic carbocycles. The summed E-state index contributed by atoms with van der Waals surface area (Å²) in [6.45, 7) is 0. The van der Waals surface area contributed by atoms with Gasteiger partial charge in [-0.05, 0) is 12.8 Å². The van der Waals surface area contributed by atoms with Crippen molar-refractivity contribution in [2.75, 3.05) is 0 Å². The standard InChI is InChI=1S/C5H9I2OP/c6-9(7,8)5-3-1-2-4-5/h5H,1-4H2. The van der Waals surface area contributed by atoms with E-state index in [9.17, 15) is 4.57 Å². The molecule has 0 bridgehead atoms. The first kappa shape index (κ1) is 8.78. The minimum atomic E-state index is -1.77. The molecule has 0 saturated heterocycles. The van der Waals surface area contributed by atoms with Crippen LogP contribution in [0.5, 0.6) is 0 Å². The van der Waals surface area contributed by atoms with Crippen molar-refractivity contribution < 1.29 is 4.57 Å². The summed E-state index contributed by atoms with van der Waals surface area (Å²) >= 11 is 4.24. The van der Waals surface area contributed by atoms with Crippen molar-refractivity contribution in [2.45, 2.75) is 31.3 Å². The molecule has 0 heterocycles. The van der Waals surface area contributed by atoms with Gasteiger partial charge in [-0.15, -0.1) is 0 Å². The highest BCUT2D eigenvalue weighted by Crippen LogP contribution is 2.69. The second kappa shape index (κ2) is 3.39. The van der Waals surface area contributed by atoms with E-state index in [1.807, 2.05) is 0 Å². The molecule has 9 heavy (non-hydrogen) atoms. The van der Waals surface area contributed by atoms with Gasteiger partial charge in [0.2, 0.25) is 2.43 Å². The minimum Gasteiger partial charge on any atom is -0.301 e. The Balaban J connectivity index is 2.52. The van der Waals surface area contributed by atoms with Gasteiger partial charge in [0.15, 0.2) is 0 Å². The molecule has 0 atom stereocenters. The molecule has 0 aromatic rings. The highest BCUT2D eigenvalue weighted by atomic mass is 127. The second-order valence-electron chi connectivity index (χ2n) is 2.44. The summed E-state index contributed by atoms with van der Waals surface area (Å²) in [6, 6.07) is 0. The molecule has 0 aromatic carbocycles. The quantitative estimate of drug-likeness (QED) is 0.504. The first-order valence-electron chi connectivity index (χ1n) is 3.10. The van der Waals surface area contributed by atoms with Gasteiger partial charge >= 0.3 is 0 Å². The molecule has 0 radical (unpaired) electrons. The molecule has 0 aliphatic heterocycles. The van der Waals surface area contributed by atoms with Gasteiger partial charge in [-0.3, -0.25) is 0 Å². The van der Waals surface area contributed by atoms with Crippen molar-refractivity contribution in [1.29, 1.82) is 0 Å². The van der Waals surface area contributed by atoms with Crippen molar-refractivity contribution in [3.8, 4) is 0 Å². The fourth-order valence-electron chi connectivity index (χ4n) is 1.20. The summed E-state index contributed by atoms with van der Waals surface area (Å²) in [7, 11) is 0. The van der Waals surface area contributed by atoms with Crippen LogP contribution in [0.15, 0.2) is 0 Å². The van der Waals surface area contributed by atoms with E-state index in [2.05, 4.69) is 44.1 Å². The maximum absolute atomic E-state index is 11.4. The fraction of sp³-hybridized carbons (Fsp3) is 1.00. The third-order valence-corrected chi connectivity index (χ3v) is 7.84. The van der Waals surface area contributed by atoms with Crippen LogP contribution in [0.4, 0.5) is 0 Å². The summed E-state index contributed by atoms with van der Waals surface area (Å²) in [5, 5.41) is 0. The summed E-state index contributed by atoms with van der Waals surface area (Å²) in [4.78, 5) is 0. The van der Waals surface area contributed by atoms with Gasteiger partial charge in [-0.25, -0.2) is 0 Å². The van der Waals surface area contributed by atoms with Crippen LogP contribution in [0.2, 0.25) is 0 Å². The normalized spacial score (nSPS) is 22.9. The Morgan fingerprint density at radius 3 is 1.89 bits per heavy atom. The molecule has 54 valence electrons. The van der Waals surface area contributed by atoms with Gasteiger partial charge in [0.25, 0.3) is 0 Å². The lowest BCUT2D eigenvalue weighted by atomic mass is 10.4. The monoisotopic (exact) mass is 370 g/mol. The Kier molecular flexibility index (Phi) is 3.31. The number of rotatable bonds is 1. The van der Waals surface area contributed by atoms with E-state index >= 15 is 0 Å². The van der Waals surface area contributed by atoms with E-state index in [0.717, 1.165) is 0 Å². The Morgan fingerprint density at radius 1 is 1.22 bits per heavy atom. The van der Waals surface area contributed by atoms with Crippen LogP contribution in [0.1, 0.15) is 25.7 Å². The number of hydrogen-bond donors (Lipinski definition) is 0. The third-order valence-electron chi connectivity index (χ3n) is 1.75. The van der Waals surface area contributed by atoms with Gasteiger partial charge in [-0.1, -0.05) is 12.8 Å². The van der Waals surface area contributed by atoms with Crippen molar-refractivity contribution in [1.82, 2.24) is 0 Å². The lowest BCUT2D eigenvalue weighted by molar-refractivity contribution is 0.587. The molecule has 0 spiro atoms. The zero-order chi connectivity index (χ0) is 6.91. The average Bonchev–Trinajstić information content (AvgIpc) is 2.08. The third kappa shape index (κ3) is 2.66. The first-order valence-corrected chi connectivity index (χ1v) is 10.4. The van der Waals surface area contributed by atoms with Crippen LogP contribution in [-0.4, -0.2) is 5.66 Å². The lowest BCUT2D eigenvalue weighted by Crippen LogP contribution is -1.92. The van der Waals surface area contributed by atoms with Crippen LogP contribution in [0.3, 0.4) is 0 Å². The maximum Gasteiger partial charge on any atom is 0.200 e. The van der Waals surface area contributed by atoms with E-state index in [1.54, 1.807) is 0 Å². The highest BCUT2D eigenvalue weighted by molar-refractivity contribution is 14.3. The molecule has 1 fully saturated rings. The summed E-state index contributed by atoms with van der Waals surface area (Å²) < 4.78 is 9.62. The summed E-state index contributed by atoms with van der Waals surface area (Å²) in [5.41, 5.74) is 0.540. The highest BCUT2D eigenvalue weighted by Gasteiger charge is 2.29. The van der Waals surface area contributed by atoms with E-state index in [4.69, 9.17) is 0 Å². The van der Waals surface area contributed by atoms with Gasteiger partial charge in [0, 0.05) is 49.7 Å². The zero-order valence-electron chi connectivity index (χ0n) is 5.02. The van der Waals surface area contributed by atoms with Crippen LogP contribution in [0.25, 0.3) is 0 Å². The molecule has 1 rings (SSSR count). The van der Waals surface area contributed by atoms with Gasteiger partial charge in [0.1, 0.15) is 0 Å². The second-order valence-corrected chi connectivity index (χ2v) is 18.3. The first-order chi connectivity index (χ1) is 4.11. The van der Waals surface area contributed by atoms with Gasteiger partial charge < -0.3 is 4.57 Å². The topological polar surface area (TPSA) is 17.1 Å². The van der Waals surface area contributed by atoms with Crippen molar-refractivity contribution in [3.63, 3.8) is 0 Å².